The summed E-state index contributed by atoms with van der Waals surface area (Å²) in [5.41, 5.74) is 6.92. The van der Waals surface area contributed by atoms with Gasteiger partial charge in [-0.05, 0) is 40.3 Å². The maximum atomic E-state index is 10.1. The van der Waals surface area contributed by atoms with Crippen LogP contribution in [0.15, 0.2) is 90.0 Å². The first-order chi connectivity index (χ1) is 15.8. The molecule has 0 aliphatic heterocycles. The summed E-state index contributed by atoms with van der Waals surface area (Å²) >= 11 is 7.71. The number of rotatable bonds is 5. The second-order valence-electron chi connectivity index (χ2n) is 8.96. The lowest BCUT2D eigenvalue weighted by molar-refractivity contribution is 0.590. The molecule has 164 valence electrons. The lowest BCUT2D eigenvalue weighted by atomic mass is 9.87. The monoisotopic (exact) mass is 468 g/mol. The quantitative estimate of drug-likeness (QED) is 0.275. The standard InChI is InChI=1S/C29H25ClN2S/c1-29(2,3)23-13-9-20(10-14-23)19-33-28-26(18-31)25(21-11-15-24(30)16-12-21)17-27(32-28)22-7-5-4-6-8-22/h4-17H,19H2,1-3H3. The number of hydrogen-bond acceptors (Lipinski definition) is 3. The summed E-state index contributed by atoms with van der Waals surface area (Å²) in [6.07, 6.45) is 0. The van der Waals surface area contributed by atoms with Crippen LogP contribution in [0.4, 0.5) is 0 Å². The summed E-state index contributed by atoms with van der Waals surface area (Å²) in [5, 5.41) is 11.5. The highest BCUT2D eigenvalue weighted by atomic mass is 35.5. The molecule has 0 saturated heterocycles. The van der Waals surface area contributed by atoms with Crippen LogP contribution in [0.2, 0.25) is 5.02 Å². The predicted octanol–water partition coefficient (Wildman–Crippen LogP) is 8.53. The lowest BCUT2D eigenvalue weighted by Gasteiger charge is -2.19. The van der Waals surface area contributed by atoms with Crippen LogP contribution in [0.25, 0.3) is 22.4 Å². The van der Waals surface area contributed by atoms with Crippen LogP contribution >= 0.6 is 23.4 Å². The van der Waals surface area contributed by atoms with Crippen molar-refractivity contribution in [2.75, 3.05) is 0 Å². The van der Waals surface area contributed by atoms with Gasteiger partial charge in [0.25, 0.3) is 0 Å². The Hall–Kier alpha value is -3.06. The van der Waals surface area contributed by atoms with Gasteiger partial charge >= 0.3 is 0 Å². The molecule has 0 unspecified atom stereocenters. The van der Waals surface area contributed by atoms with Gasteiger partial charge in [-0.15, -0.1) is 11.8 Å². The van der Waals surface area contributed by atoms with Crippen molar-refractivity contribution in [1.29, 1.82) is 5.26 Å². The topological polar surface area (TPSA) is 36.7 Å². The SMILES string of the molecule is CC(C)(C)c1ccc(CSc2nc(-c3ccccc3)cc(-c3ccc(Cl)cc3)c2C#N)cc1. The number of benzene rings is 3. The molecule has 33 heavy (non-hydrogen) atoms. The van der Waals surface area contributed by atoms with Crippen molar-refractivity contribution in [2.45, 2.75) is 37.0 Å². The van der Waals surface area contributed by atoms with E-state index in [0.717, 1.165) is 33.2 Å². The van der Waals surface area contributed by atoms with E-state index in [1.807, 2.05) is 60.7 Å². The highest BCUT2D eigenvalue weighted by Crippen LogP contribution is 2.36. The second-order valence-corrected chi connectivity index (χ2v) is 10.4. The van der Waals surface area contributed by atoms with Crippen molar-refractivity contribution in [3.8, 4) is 28.5 Å². The molecule has 0 fully saturated rings. The van der Waals surface area contributed by atoms with Crippen LogP contribution < -0.4 is 0 Å². The molecule has 2 nitrogen and oxygen atoms in total. The Morgan fingerprint density at radius 1 is 0.879 bits per heavy atom. The first-order valence-electron chi connectivity index (χ1n) is 10.8. The Kier molecular flexibility index (Phi) is 6.88. The Balaban J connectivity index is 1.74. The number of nitriles is 1. The van der Waals surface area contributed by atoms with Crippen LogP contribution in [-0.2, 0) is 11.2 Å². The molecule has 0 spiro atoms. The van der Waals surface area contributed by atoms with Crippen molar-refractivity contribution in [3.63, 3.8) is 0 Å². The first-order valence-corrected chi connectivity index (χ1v) is 12.2. The zero-order valence-corrected chi connectivity index (χ0v) is 20.5. The minimum absolute atomic E-state index is 0.124. The van der Waals surface area contributed by atoms with E-state index in [1.165, 1.54) is 11.1 Å². The molecule has 4 heteroatoms. The van der Waals surface area contributed by atoms with Gasteiger partial charge in [0.1, 0.15) is 11.1 Å². The van der Waals surface area contributed by atoms with Crippen LogP contribution in [0, 0.1) is 11.3 Å². The van der Waals surface area contributed by atoms with Gasteiger partial charge in [0.15, 0.2) is 0 Å². The summed E-state index contributed by atoms with van der Waals surface area (Å²) < 4.78 is 0. The van der Waals surface area contributed by atoms with Gasteiger partial charge in [0.05, 0.1) is 11.3 Å². The van der Waals surface area contributed by atoms with E-state index in [1.54, 1.807) is 11.8 Å². The van der Waals surface area contributed by atoms with Gasteiger partial charge in [0.2, 0.25) is 0 Å². The number of aromatic nitrogens is 1. The highest BCUT2D eigenvalue weighted by molar-refractivity contribution is 7.98. The second kappa shape index (κ2) is 9.83. The van der Waals surface area contributed by atoms with E-state index in [9.17, 15) is 5.26 Å². The Morgan fingerprint density at radius 3 is 2.15 bits per heavy atom. The fourth-order valence-corrected chi connectivity index (χ4v) is 4.69. The van der Waals surface area contributed by atoms with Crippen molar-refractivity contribution in [3.05, 3.63) is 107 Å². The summed E-state index contributed by atoms with van der Waals surface area (Å²) in [5.74, 6) is 0.740. The number of hydrogen-bond donors (Lipinski definition) is 0. The first kappa shape index (κ1) is 23.1. The number of thioether (sulfide) groups is 1. The molecule has 0 aliphatic rings. The van der Waals surface area contributed by atoms with Crippen LogP contribution in [-0.4, -0.2) is 4.98 Å². The van der Waals surface area contributed by atoms with Crippen LogP contribution in [0.5, 0.6) is 0 Å². The largest absolute Gasteiger partial charge is 0.240 e. The fourth-order valence-electron chi connectivity index (χ4n) is 3.60. The van der Waals surface area contributed by atoms with E-state index in [-0.39, 0.29) is 5.41 Å². The van der Waals surface area contributed by atoms with Gasteiger partial charge < -0.3 is 0 Å². The molecule has 4 rings (SSSR count). The predicted molar refractivity (Wildman–Crippen MR) is 140 cm³/mol. The zero-order chi connectivity index (χ0) is 23.4. The molecule has 1 heterocycles. The van der Waals surface area contributed by atoms with Gasteiger partial charge in [-0.3, -0.25) is 0 Å². The molecule has 0 radical (unpaired) electrons. The molecular weight excluding hydrogens is 444 g/mol. The van der Waals surface area contributed by atoms with Crippen molar-refractivity contribution >= 4 is 23.4 Å². The Bertz CT molecular complexity index is 1280. The third-order valence-electron chi connectivity index (χ3n) is 5.52. The smallest absolute Gasteiger partial charge is 0.115 e. The van der Waals surface area contributed by atoms with E-state index < -0.39 is 0 Å². The van der Waals surface area contributed by atoms with Crippen molar-refractivity contribution < 1.29 is 0 Å². The minimum atomic E-state index is 0.124. The maximum Gasteiger partial charge on any atom is 0.115 e. The molecule has 4 aromatic rings. The summed E-state index contributed by atoms with van der Waals surface area (Å²) in [6, 6.07) is 30.8. The van der Waals surface area contributed by atoms with E-state index >= 15 is 0 Å². The normalized spacial score (nSPS) is 11.2. The molecule has 0 atom stereocenters. The third kappa shape index (κ3) is 5.47. The average molecular weight is 469 g/mol. The summed E-state index contributed by atoms with van der Waals surface area (Å²) in [6.45, 7) is 6.65. The molecule has 1 aromatic heterocycles. The minimum Gasteiger partial charge on any atom is -0.240 e. The number of halogens is 1. The molecule has 3 aromatic carbocycles. The summed E-state index contributed by atoms with van der Waals surface area (Å²) in [4.78, 5) is 4.90. The van der Waals surface area contributed by atoms with Gasteiger partial charge in [-0.25, -0.2) is 4.98 Å². The number of pyridine rings is 1. The lowest BCUT2D eigenvalue weighted by Crippen LogP contribution is -2.10. The van der Waals surface area contributed by atoms with Gasteiger partial charge in [-0.1, -0.05) is 99.1 Å². The third-order valence-corrected chi connectivity index (χ3v) is 6.82. The van der Waals surface area contributed by atoms with Crippen LogP contribution in [0.3, 0.4) is 0 Å². The maximum absolute atomic E-state index is 10.1. The fraction of sp³-hybridized carbons (Fsp3) is 0.172. The van der Waals surface area contributed by atoms with E-state index in [2.05, 4.69) is 51.1 Å². The Labute approximate surface area is 205 Å². The van der Waals surface area contributed by atoms with Gasteiger partial charge in [0, 0.05) is 21.9 Å². The van der Waals surface area contributed by atoms with Crippen LogP contribution in [0.1, 0.15) is 37.5 Å². The molecule has 0 aliphatic carbocycles. The zero-order valence-electron chi connectivity index (χ0n) is 19.0. The molecule has 0 amide bonds. The number of nitrogens with zero attached hydrogens (tertiary/aromatic N) is 2. The summed E-state index contributed by atoms with van der Waals surface area (Å²) in [7, 11) is 0. The van der Waals surface area contributed by atoms with Crippen molar-refractivity contribution in [1.82, 2.24) is 4.98 Å². The average Bonchev–Trinajstić information content (AvgIpc) is 2.83. The molecule has 0 N–H and O–H groups in total. The highest BCUT2D eigenvalue weighted by Gasteiger charge is 2.17. The molecule has 0 saturated carbocycles. The molecule has 0 bridgehead atoms. The van der Waals surface area contributed by atoms with E-state index in [4.69, 9.17) is 16.6 Å². The van der Waals surface area contributed by atoms with E-state index in [0.29, 0.717) is 10.6 Å². The molecular formula is C29H25ClN2S. The van der Waals surface area contributed by atoms with Gasteiger partial charge in [-0.2, -0.15) is 5.26 Å². The van der Waals surface area contributed by atoms with Crippen molar-refractivity contribution in [2.24, 2.45) is 0 Å². The Morgan fingerprint density at radius 2 is 1.55 bits per heavy atom.